The van der Waals surface area contributed by atoms with Crippen molar-refractivity contribution in [3.8, 4) is 17.1 Å². The first-order valence-electron chi connectivity index (χ1n) is 7.00. The number of aryl methyl sites for hydroxylation is 1. The lowest BCUT2D eigenvalue weighted by molar-refractivity contribution is 0.475. The van der Waals surface area contributed by atoms with Crippen LogP contribution in [0.5, 0.6) is 5.75 Å². The zero-order valence-corrected chi connectivity index (χ0v) is 11.4. The normalized spacial score (nSPS) is 14.8. The molecule has 2 aromatic carbocycles. The van der Waals surface area contributed by atoms with Crippen LogP contribution in [0.3, 0.4) is 0 Å². The van der Waals surface area contributed by atoms with Gasteiger partial charge in [0.25, 0.3) is 0 Å². The molecule has 1 aromatic heterocycles. The molecule has 1 N–H and O–H groups in total. The molecule has 3 aromatic rings. The Labute approximate surface area is 117 Å². The Morgan fingerprint density at radius 1 is 1.15 bits per heavy atom. The summed E-state index contributed by atoms with van der Waals surface area (Å²) < 4.78 is 2.32. The van der Waals surface area contributed by atoms with Crippen molar-refractivity contribution < 1.29 is 5.11 Å². The predicted octanol–water partition coefficient (Wildman–Crippen LogP) is 4.05. The molecule has 0 bridgehead atoms. The Balaban J connectivity index is 2.00. The highest BCUT2D eigenvalue weighted by atomic mass is 16.3. The van der Waals surface area contributed by atoms with Crippen LogP contribution in [0.4, 0.5) is 0 Å². The molecule has 3 nitrogen and oxygen atoms in total. The maximum Gasteiger partial charge on any atom is 0.141 e. The second-order valence-corrected chi connectivity index (χ2v) is 5.58. The van der Waals surface area contributed by atoms with E-state index < -0.39 is 0 Å². The first-order valence-corrected chi connectivity index (χ1v) is 7.00. The number of imidazole rings is 1. The minimum absolute atomic E-state index is 0.285. The predicted molar refractivity (Wildman–Crippen MR) is 79.8 cm³/mol. The van der Waals surface area contributed by atoms with Gasteiger partial charge in [-0.15, -0.1) is 0 Å². The van der Waals surface area contributed by atoms with Crippen molar-refractivity contribution in [2.24, 2.45) is 0 Å². The van der Waals surface area contributed by atoms with Crippen molar-refractivity contribution in [3.63, 3.8) is 0 Å². The number of aromatic nitrogens is 2. The number of phenols is 1. The molecule has 1 saturated carbocycles. The molecule has 1 aliphatic rings. The van der Waals surface area contributed by atoms with E-state index >= 15 is 0 Å². The highest BCUT2D eigenvalue weighted by Crippen LogP contribution is 2.41. The summed E-state index contributed by atoms with van der Waals surface area (Å²) in [5, 5.41) is 9.70. The molecule has 0 saturated heterocycles. The zero-order chi connectivity index (χ0) is 13.7. The first kappa shape index (κ1) is 11.5. The Hall–Kier alpha value is -2.29. The third-order valence-electron chi connectivity index (χ3n) is 3.86. The quantitative estimate of drug-likeness (QED) is 0.758. The van der Waals surface area contributed by atoms with Gasteiger partial charge in [0.1, 0.15) is 11.6 Å². The maximum absolute atomic E-state index is 9.70. The van der Waals surface area contributed by atoms with Crippen LogP contribution >= 0.6 is 0 Å². The van der Waals surface area contributed by atoms with Gasteiger partial charge in [-0.1, -0.05) is 18.2 Å². The second kappa shape index (κ2) is 4.10. The molecule has 0 unspecified atom stereocenters. The highest BCUT2D eigenvalue weighted by Gasteiger charge is 2.28. The van der Waals surface area contributed by atoms with E-state index in [9.17, 15) is 5.11 Å². The topological polar surface area (TPSA) is 38.1 Å². The summed E-state index contributed by atoms with van der Waals surface area (Å²) in [4.78, 5) is 4.80. The van der Waals surface area contributed by atoms with Gasteiger partial charge in [-0.2, -0.15) is 0 Å². The molecule has 0 spiro atoms. The van der Waals surface area contributed by atoms with Crippen LogP contribution in [0, 0.1) is 6.92 Å². The molecule has 100 valence electrons. The average molecular weight is 264 g/mol. The molecule has 0 radical (unpaired) electrons. The summed E-state index contributed by atoms with van der Waals surface area (Å²) in [5.74, 6) is 1.25. The van der Waals surface area contributed by atoms with Gasteiger partial charge >= 0.3 is 0 Å². The van der Waals surface area contributed by atoms with Crippen LogP contribution in [0.15, 0.2) is 42.5 Å². The number of hydrogen-bond donors (Lipinski definition) is 1. The number of rotatable bonds is 2. The van der Waals surface area contributed by atoms with Crippen molar-refractivity contribution in [3.05, 3.63) is 48.0 Å². The fraction of sp³-hybridized carbons (Fsp3) is 0.235. The van der Waals surface area contributed by atoms with Crippen LogP contribution in [-0.2, 0) is 0 Å². The maximum atomic E-state index is 9.70. The van der Waals surface area contributed by atoms with E-state index in [1.807, 2.05) is 12.1 Å². The third-order valence-corrected chi connectivity index (χ3v) is 3.86. The molecular weight excluding hydrogens is 248 g/mol. The van der Waals surface area contributed by atoms with Gasteiger partial charge in [-0.05, 0) is 49.6 Å². The van der Waals surface area contributed by atoms with E-state index in [0.717, 1.165) is 16.9 Å². The van der Waals surface area contributed by atoms with E-state index in [0.29, 0.717) is 6.04 Å². The summed E-state index contributed by atoms with van der Waals surface area (Å²) in [6.07, 6.45) is 2.43. The standard InChI is InChI=1S/C17H16N2O/c1-11-5-8-16-15(9-11)18-17(19(16)13-6-7-13)12-3-2-4-14(20)10-12/h2-5,8-10,13,20H,6-7H2,1H3. The molecule has 1 fully saturated rings. The first-order chi connectivity index (χ1) is 9.72. The van der Waals surface area contributed by atoms with Crippen molar-refractivity contribution in [2.45, 2.75) is 25.8 Å². The number of hydrogen-bond acceptors (Lipinski definition) is 2. The molecular formula is C17H16N2O. The summed E-state index contributed by atoms with van der Waals surface area (Å²) in [6, 6.07) is 14.3. The van der Waals surface area contributed by atoms with Crippen LogP contribution in [0.2, 0.25) is 0 Å². The number of nitrogens with zero attached hydrogens (tertiary/aromatic N) is 2. The van der Waals surface area contributed by atoms with Gasteiger partial charge in [0, 0.05) is 11.6 Å². The second-order valence-electron chi connectivity index (χ2n) is 5.58. The van der Waals surface area contributed by atoms with Crippen molar-refractivity contribution in [1.29, 1.82) is 0 Å². The lowest BCUT2D eigenvalue weighted by atomic mass is 10.2. The minimum Gasteiger partial charge on any atom is -0.508 e. The van der Waals surface area contributed by atoms with Gasteiger partial charge in [0.15, 0.2) is 0 Å². The van der Waals surface area contributed by atoms with E-state index in [2.05, 4.69) is 29.7 Å². The van der Waals surface area contributed by atoms with Crippen LogP contribution in [-0.4, -0.2) is 14.7 Å². The van der Waals surface area contributed by atoms with Gasteiger partial charge in [-0.3, -0.25) is 0 Å². The van der Waals surface area contributed by atoms with Crippen molar-refractivity contribution >= 4 is 11.0 Å². The van der Waals surface area contributed by atoms with Crippen molar-refractivity contribution in [1.82, 2.24) is 9.55 Å². The molecule has 1 heterocycles. The molecule has 20 heavy (non-hydrogen) atoms. The van der Waals surface area contributed by atoms with Gasteiger partial charge in [0.05, 0.1) is 11.0 Å². The van der Waals surface area contributed by atoms with Gasteiger partial charge in [-0.25, -0.2) is 4.98 Å². The largest absolute Gasteiger partial charge is 0.508 e. The number of fused-ring (bicyclic) bond motifs is 1. The summed E-state index contributed by atoms with van der Waals surface area (Å²) in [6.45, 7) is 2.09. The van der Waals surface area contributed by atoms with E-state index in [4.69, 9.17) is 4.98 Å². The van der Waals surface area contributed by atoms with Crippen LogP contribution in [0.1, 0.15) is 24.4 Å². The average Bonchev–Trinajstić information content (AvgIpc) is 3.19. The fourth-order valence-electron chi connectivity index (χ4n) is 2.76. The van der Waals surface area contributed by atoms with Crippen molar-refractivity contribution in [2.75, 3.05) is 0 Å². The number of aromatic hydroxyl groups is 1. The Morgan fingerprint density at radius 2 is 2.00 bits per heavy atom. The van der Waals surface area contributed by atoms with E-state index in [1.165, 1.54) is 23.9 Å². The summed E-state index contributed by atoms with van der Waals surface area (Å²) in [5.41, 5.74) is 4.43. The summed E-state index contributed by atoms with van der Waals surface area (Å²) in [7, 11) is 0. The lowest BCUT2D eigenvalue weighted by Crippen LogP contribution is -1.97. The molecule has 4 rings (SSSR count). The van der Waals surface area contributed by atoms with E-state index in [-0.39, 0.29) is 5.75 Å². The van der Waals surface area contributed by atoms with Gasteiger partial charge < -0.3 is 9.67 Å². The van der Waals surface area contributed by atoms with Crippen LogP contribution in [0.25, 0.3) is 22.4 Å². The smallest absolute Gasteiger partial charge is 0.141 e. The molecule has 0 atom stereocenters. The van der Waals surface area contributed by atoms with Crippen LogP contribution < -0.4 is 0 Å². The molecule has 3 heteroatoms. The SMILES string of the molecule is Cc1ccc2c(c1)nc(-c1cccc(O)c1)n2C1CC1. The highest BCUT2D eigenvalue weighted by molar-refractivity contribution is 5.82. The number of phenolic OH excluding ortho intramolecular Hbond substituents is 1. The molecule has 1 aliphatic carbocycles. The number of benzene rings is 2. The lowest BCUT2D eigenvalue weighted by Gasteiger charge is -2.08. The monoisotopic (exact) mass is 264 g/mol. The summed E-state index contributed by atoms with van der Waals surface area (Å²) >= 11 is 0. The molecule has 0 amide bonds. The fourth-order valence-corrected chi connectivity index (χ4v) is 2.76. The Morgan fingerprint density at radius 3 is 2.75 bits per heavy atom. The Bertz CT molecular complexity index is 800. The molecule has 0 aliphatic heterocycles. The Kier molecular flexibility index (Phi) is 2.36. The zero-order valence-electron chi connectivity index (χ0n) is 11.4. The minimum atomic E-state index is 0.285. The van der Waals surface area contributed by atoms with Gasteiger partial charge in [0.2, 0.25) is 0 Å². The van der Waals surface area contributed by atoms with E-state index in [1.54, 1.807) is 12.1 Å². The third kappa shape index (κ3) is 1.78.